The number of anilines is 2. The average Bonchev–Trinajstić information content (AvgIpc) is 2.69. The average molecular weight is 396 g/mol. The van der Waals surface area contributed by atoms with Gasteiger partial charge in [-0.1, -0.05) is 54.2 Å². The van der Waals surface area contributed by atoms with E-state index in [9.17, 15) is 14.0 Å². The summed E-state index contributed by atoms with van der Waals surface area (Å²) >= 11 is 1.31. The van der Waals surface area contributed by atoms with Gasteiger partial charge in [-0.05, 0) is 29.8 Å². The van der Waals surface area contributed by atoms with Gasteiger partial charge in [0.25, 0.3) is 11.5 Å². The van der Waals surface area contributed by atoms with Crippen molar-refractivity contribution in [1.29, 1.82) is 0 Å². The van der Waals surface area contributed by atoms with Crippen molar-refractivity contribution < 1.29 is 9.18 Å². The van der Waals surface area contributed by atoms with E-state index >= 15 is 0 Å². The van der Waals surface area contributed by atoms with Crippen LogP contribution in [0.25, 0.3) is 6.08 Å². The molecule has 0 spiro atoms. The summed E-state index contributed by atoms with van der Waals surface area (Å²) < 4.78 is 12.9. The number of benzene rings is 2. The van der Waals surface area contributed by atoms with E-state index in [1.165, 1.54) is 23.9 Å². The van der Waals surface area contributed by atoms with Crippen molar-refractivity contribution >= 4 is 35.3 Å². The van der Waals surface area contributed by atoms with Gasteiger partial charge in [-0.3, -0.25) is 14.6 Å². The Kier molecular flexibility index (Phi) is 6.23. The standard InChI is InChI=1S/C20H17FN4O2S/c21-15-10-8-14(9-11-15)18(26)23-16-17(22)24-20(25-19(16)27)28-12-4-7-13-5-2-1-3-6-13/h1-11H,12H2,(H,23,26)(H3,22,24,25,27)/b7-4+. The fraction of sp³-hybridized carbons (Fsp3) is 0.0500. The number of hydrogen-bond donors (Lipinski definition) is 3. The molecule has 0 bridgehead atoms. The third kappa shape index (κ3) is 5.08. The molecule has 0 aliphatic carbocycles. The number of aromatic amines is 1. The maximum absolute atomic E-state index is 12.9. The molecule has 0 aliphatic heterocycles. The number of rotatable bonds is 6. The van der Waals surface area contributed by atoms with Crippen molar-refractivity contribution in [2.45, 2.75) is 5.16 Å². The predicted molar refractivity (Wildman–Crippen MR) is 110 cm³/mol. The molecule has 1 heterocycles. The molecule has 2 aromatic carbocycles. The molecule has 1 amide bonds. The first-order valence-corrected chi connectivity index (χ1v) is 9.32. The van der Waals surface area contributed by atoms with E-state index < -0.39 is 17.3 Å². The minimum Gasteiger partial charge on any atom is -0.382 e. The van der Waals surface area contributed by atoms with Gasteiger partial charge in [0.2, 0.25) is 0 Å². The van der Waals surface area contributed by atoms with E-state index in [2.05, 4.69) is 15.3 Å². The number of carbonyl (C=O) groups excluding carboxylic acids is 1. The van der Waals surface area contributed by atoms with E-state index in [1.807, 2.05) is 42.5 Å². The normalized spacial score (nSPS) is 10.9. The number of thioether (sulfide) groups is 1. The van der Waals surface area contributed by atoms with Gasteiger partial charge in [0.15, 0.2) is 11.0 Å². The van der Waals surface area contributed by atoms with Crippen LogP contribution in [-0.4, -0.2) is 21.6 Å². The third-order valence-corrected chi connectivity index (χ3v) is 4.52. The lowest BCUT2D eigenvalue weighted by atomic mass is 10.2. The lowest BCUT2D eigenvalue weighted by Gasteiger charge is -2.08. The van der Waals surface area contributed by atoms with Gasteiger partial charge < -0.3 is 11.1 Å². The van der Waals surface area contributed by atoms with Gasteiger partial charge in [-0.15, -0.1) is 0 Å². The molecule has 8 heteroatoms. The molecule has 0 unspecified atom stereocenters. The first-order valence-electron chi connectivity index (χ1n) is 8.34. The Bertz CT molecular complexity index is 1050. The SMILES string of the molecule is Nc1nc(SC/C=C/c2ccccc2)[nH]c(=O)c1NC(=O)c1ccc(F)cc1. The van der Waals surface area contributed by atoms with Crippen LogP contribution in [0, 0.1) is 5.82 Å². The molecule has 3 aromatic rings. The summed E-state index contributed by atoms with van der Waals surface area (Å²) in [5, 5.41) is 2.76. The summed E-state index contributed by atoms with van der Waals surface area (Å²) in [6.07, 6.45) is 3.91. The molecule has 0 saturated heterocycles. The molecule has 0 radical (unpaired) electrons. The lowest BCUT2D eigenvalue weighted by Crippen LogP contribution is -2.23. The Morgan fingerprint density at radius 1 is 1.18 bits per heavy atom. The van der Waals surface area contributed by atoms with Crippen LogP contribution >= 0.6 is 11.8 Å². The Balaban J connectivity index is 1.65. The monoisotopic (exact) mass is 396 g/mol. The predicted octanol–water partition coefficient (Wildman–Crippen LogP) is 3.55. The number of halogens is 1. The first kappa shape index (κ1) is 19.4. The second-order valence-corrected chi connectivity index (χ2v) is 6.73. The molecule has 28 heavy (non-hydrogen) atoms. The smallest absolute Gasteiger partial charge is 0.277 e. The highest BCUT2D eigenvalue weighted by atomic mass is 32.2. The van der Waals surface area contributed by atoms with E-state index in [4.69, 9.17) is 5.73 Å². The zero-order valence-electron chi connectivity index (χ0n) is 14.7. The van der Waals surface area contributed by atoms with Gasteiger partial charge in [0.1, 0.15) is 11.5 Å². The van der Waals surface area contributed by atoms with E-state index in [-0.39, 0.29) is 17.1 Å². The highest BCUT2D eigenvalue weighted by Crippen LogP contribution is 2.18. The topological polar surface area (TPSA) is 101 Å². The van der Waals surface area contributed by atoms with Gasteiger partial charge in [-0.25, -0.2) is 9.37 Å². The molecule has 3 rings (SSSR count). The number of nitrogen functional groups attached to an aromatic ring is 1. The molecular weight excluding hydrogens is 379 g/mol. The van der Waals surface area contributed by atoms with E-state index in [0.717, 1.165) is 17.7 Å². The molecule has 1 aromatic heterocycles. The van der Waals surface area contributed by atoms with Crippen LogP contribution < -0.4 is 16.6 Å². The van der Waals surface area contributed by atoms with Crippen molar-refractivity contribution in [2.24, 2.45) is 0 Å². The number of nitrogens with zero attached hydrogens (tertiary/aromatic N) is 1. The van der Waals surface area contributed by atoms with Crippen LogP contribution in [0.4, 0.5) is 15.9 Å². The highest BCUT2D eigenvalue weighted by Gasteiger charge is 2.14. The Labute approximate surface area is 164 Å². The van der Waals surface area contributed by atoms with Crippen molar-refractivity contribution in [3.05, 3.63) is 88.0 Å². The second-order valence-electron chi connectivity index (χ2n) is 5.72. The molecule has 0 saturated carbocycles. The number of carbonyl (C=O) groups is 1. The molecule has 4 N–H and O–H groups in total. The van der Waals surface area contributed by atoms with Crippen LogP contribution in [0.2, 0.25) is 0 Å². The quantitative estimate of drug-likeness (QED) is 0.437. The van der Waals surface area contributed by atoms with Crippen LogP contribution in [0.1, 0.15) is 15.9 Å². The number of H-pyrrole nitrogens is 1. The summed E-state index contributed by atoms with van der Waals surface area (Å²) in [6, 6.07) is 14.7. The fourth-order valence-corrected chi connectivity index (χ4v) is 3.00. The Hall–Kier alpha value is -3.39. The number of nitrogens with two attached hydrogens (primary N) is 1. The largest absolute Gasteiger partial charge is 0.382 e. The fourth-order valence-electron chi connectivity index (χ4n) is 2.32. The maximum atomic E-state index is 12.9. The van der Waals surface area contributed by atoms with Crippen molar-refractivity contribution in [3.8, 4) is 0 Å². The number of amides is 1. The van der Waals surface area contributed by atoms with Crippen LogP contribution in [0.3, 0.4) is 0 Å². The highest BCUT2D eigenvalue weighted by molar-refractivity contribution is 7.99. The number of nitrogens with one attached hydrogen (secondary N) is 2. The van der Waals surface area contributed by atoms with E-state index in [1.54, 1.807) is 0 Å². The molecule has 6 nitrogen and oxygen atoms in total. The van der Waals surface area contributed by atoms with Crippen LogP contribution in [-0.2, 0) is 0 Å². The van der Waals surface area contributed by atoms with E-state index in [0.29, 0.717) is 10.9 Å². The summed E-state index contributed by atoms with van der Waals surface area (Å²) in [5.41, 5.74) is 6.40. The Morgan fingerprint density at radius 2 is 1.89 bits per heavy atom. The zero-order valence-corrected chi connectivity index (χ0v) is 15.5. The van der Waals surface area contributed by atoms with Gasteiger partial charge in [-0.2, -0.15) is 0 Å². The molecule has 0 aliphatic rings. The second kappa shape index (κ2) is 9.01. The minimum atomic E-state index is -0.579. The summed E-state index contributed by atoms with van der Waals surface area (Å²) in [6.45, 7) is 0. The molecular formula is C20H17FN4O2S. The third-order valence-electron chi connectivity index (χ3n) is 3.70. The van der Waals surface area contributed by atoms with Gasteiger partial charge >= 0.3 is 0 Å². The van der Waals surface area contributed by atoms with Crippen LogP contribution in [0.5, 0.6) is 0 Å². The van der Waals surface area contributed by atoms with Crippen molar-refractivity contribution in [1.82, 2.24) is 9.97 Å². The molecule has 142 valence electrons. The number of hydrogen-bond acceptors (Lipinski definition) is 5. The molecule has 0 fully saturated rings. The first-order chi connectivity index (χ1) is 13.5. The summed E-state index contributed by atoms with van der Waals surface area (Å²) in [5.74, 6) is -0.546. The minimum absolute atomic E-state index is 0.0891. The summed E-state index contributed by atoms with van der Waals surface area (Å²) in [7, 11) is 0. The number of aromatic nitrogens is 2. The lowest BCUT2D eigenvalue weighted by molar-refractivity contribution is 0.102. The summed E-state index contributed by atoms with van der Waals surface area (Å²) in [4.78, 5) is 31.1. The zero-order chi connectivity index (χ0) is 19.9. The molecule has 0 atom stereocenters. The van der Waals surface area contributed by atoms with Crippen molar-refractivity contribution in [2.75, 3.05) is 16.8 Å². The van der Waals surface area contributed by atoms with Crippen molar-refractivity contribution in [3.63, 3.8) is 0 Å². The maximum Gasteiger partial charge on any atom is 0.277 e. The van der Waals surface area contributed by atoms with Crippen LogP contribution in [0.15, 0.2) is 70.6 Å². The van der Waals surface area contributed by atoms with Gasteiger partial charge in [0.05, 0.1) is 0 Å². The Morgan fingerprint density at radius 3 is 2.57 bits per heavy atom. The van der Waals surface area contributed by atoms with Gasteiger partial charge in [0, 0.05) is 11.3 Å².